The van der Waals surface area contributed by atoms with Gasteiger partial charge in [-0.3, -0.25) is 9.78 Å². The first kappa shape index (κ1) is 16.9. The van der Waals surface area contributed by atoms with Gasteiger partial charge in [0, 0.05) is 24.9 Å². The molecule has 0 aliphatic carbocycles. The summed E-state index contributed by atoms with van der Waals surface area (Å²) in [5.41, 5.74) is 0.537. The van der Waals surface area contributed by atoms with Crippen LogP contribution < -0.4 is 0 Å². The van der Waals surface area contributed by atoms with E-state index < -0.39 is 21.5 Å². The van der Waals surface area contributed by atoms with Gasteiger partial charge in [-0.25, -0.2) is 8.60 Å². The molecule has 7 nitrogen and oxygen atoms in total. The van der Waals surface area contributed by atoms with Gasteiger partial charge in [0.05, 0.1) is 14.6 Å². The molecule has 0 radical (unpaired) electrons. The first-order valence-electron chi connectivity index (χ1n) is 7.14. The van der Waals surface area contributed by atoms with Crippen LogP contribution in [-0.4, -0.2) is 31.5 Å². The molecule has 1 atom stereocenters. The van der Waals surface area contributed by atoms with E-state index in [1.165, 1.54) is 42.8 Å². The van der Waals surface area contributed by atoms with Gasteiger partial charge in [-0.1, -0.05) is 17.3 Å². The fourth-order valence-electron chi connectivity index (χ4n) is 2.08. The number of pyridine rings is 1. The minimum absolute atomic E-state index is 0.0186. The quantitative estimate of drug-likeness (QED) is 0.712. The molecule has 0 aliphatic heterocycles. The number of hydrogen-bond acceptors (Lipinski definition) is 6. The number of nitrogens with zero attached hydrogens (tertiary/aromatic N) is 4. The van der Waals surface area contributed by atoms with E-state index in [1.54, 1.807) is 13.0 Å². The van der Waals surface area contributed by atoms with E-state index in [0.717, 1.165) is 0 Å². The van der Waals surface area contributed by atoms with Gasteiger partial charge < -0.3 is 4.52 Å². The van der Waals surface area contributed by atoms with Gasteiger partial charge in [-0.2, -0.15) is 9.35 Å². The standard InChI is InChI=1S/C16H13FN4O3S/c1-10-19-15(20-24-10)11-7-8-13(18-9-11)16(22)21-25(2,23)14-6-4-3-5-12(14)17/h3-9H,1-2H3. The zero-order valence-electron chi connectivity index (χ0n) is 13.3. The Bertz CT molecular complexity index is 1050. The van der Waals surface area contributed by atoms with Gasteiger partial charge in [0.2, 0.25) is 11.7 Å². The minimum Gasteiger partial charge on any atom is -0.339 e. The molecule has 2 heterocycles. The van der Waals surface area contributed by atoms with Crippen LogP contribution in [0.2, 0.25) is 0 Å². The van der Waals surface area contributed by atoms with E-state index in [2.05, 4.69) is 19.5 Å². The lowest BCUT2D eigenvalue weighted by Crippen LogP contribution is -2.07. The molecule has 3 aromatic rings. The summed E-state index contributed by atoms with van der Waals surface area (Å²) in [7, 11) is -3.23. The summed E-state index contributed by atoms with van der Waals surface area (Å²) in [6.45, 7) is 1.65. The van der Waals surface area contributed by atoms with Crippen molar-refractivity contribution in [1.82, 2.24) is 15.1 Å². The summed E-state index contributed by atoms with van der Waals surface area (Å²) in [5.74, 6) is -0.735. The molecule has 0 saturated carbocycles. The van der Waals surface area contributed by atoms with Crippen LogP contribution in [0, 0.1) is 12.7 Å². The maximum absolute atomic E-state index is 13.8. The number of aromatic nitrogens is 3. The van der Waals surface area contributed by atoms with E-state index in [-0.39, 0.29) is 10.6 Å². The predicted molar refractivity (Wildman–Crippen MR) is 87.8 cm³/mol. The van der Waals surface area contributed by atoms with Crippen molar-refractivity contribution in [2.45, 2.75) is 11.8 Å². The van der Waals surface area contributed by atoms with Crippen LogP contribution in [0.5, 0.6) is 0 Å². The highest BCUT2D eigenvalue weighted by Gasteiger charge is 2.16. The number of halogens is 1. The molecule has 25 heavy (non-hydrogen) atoms. The highest BCUT2D eigenvalue weighted by atomic mass is 32.2. The lowest BCUT2D eigenvalue weighted by atomic mass is 10.2. The molecule has 1 aromatic carbocycles. The number of carbonyl (C=O) groups excluding carboxylic acids is 1. The molecule has 1 amide bonds. The maximum Gasteiger partial charge on any atom is 0.303 e. The third-order valence-corrected chi connectivity index (χ3v) is 4.93. The molecule has 0 aliphatic rings. The molecule has 2 aromatic heterocycles. The van der Waals surface area contributed by atoms with Crippen LogP contribution >= 0.6 is 0 Å². The van der Waals surface area contributed by atoms with Crippen molar-refractivity contribution in [3.8, 4) is 11.4 Å². The smallest absolute Gasteiger partial charge is 0.303 e. The monoisotopic (exact) mass is 360 g/mol. The topological polar surface area (TPSA) is 98.3 Å². The third-order valence-electron chi connectivity index (χ3n) is 3.27. The average molecular weight is 360 g/mol. The molecule has 0 bridgehead atoms. The van der Waals surface area contributed by atoms with Crippen LogP contribution in [-0.2, 0) is 9.73 Å². The Kier molecular flexibility index (Phi) is 4.41. The number of hydrogen-bond donors (Lipinski definition) is 0. The fraction of sp³-hybridized carbons (Fsp3) is 0.125. The van der Waals surface area contributed by atoms with E-state index in [9.17, 15) is 13.4 Å². The van der Waals surface area contributed by atoms with E-state index in [0.29, 0.717) is 17.3 Å². The molecule has 128 valence electrons. The van der Waals surface area contributed by atoms with Crippen molar-refractivity contribution in [2.75, 3.05) is 6.26 Å². The first-order chi connectivity index (χ1) is 11.9. The molecule has 9 heteroatoms. The molecule has 0 saturated heterocycles. The highest BCUT2D eigenvalue weighted by Crippen LogP contribution is 2.18. The first-order valence-corrected chi connectivity index (χ1v) is 9.07. The number of benzene rings is 1. The second-order valence-electron chi connectivity index (χ2n) is 5.20. The zero-order chi connectivity index (χ0) is 18.0. The SMILES string of the molecule is Cc1nc(-c2ccc(C(=O)N=S(C)(=O)c3ccccc3F)nc2)no1. The van der Waals surface area contributed by atoms with E-state index in [1.807, 2.05) is 0 Å². The molecular weight excluding hydrogens is 347 g/mol. The van der Waals surface area contributed by atoms with Crippen LogP contribution in [0.25, 0.3) is 11.4 Å². The molecule has 0 fully saturated rings. The molecule has 0 N–H and O–H groups in total. The Morgan fingerprint density at radius 2 is 2.00 bits per heavy atom. The average Bonchev–Trinajstić information content (AvgIpc) is 3.01. The van der Waals surface area contributed by atoms with Gasteiger partial charge in [-0.15, -0.1) is 0 Å². The summed E-state index contributed by atoms with van der Waals surface area (Å²) in [6, 6.07) is 8.48. The Hall–Kier alpha value is -2.94. The van der Waals surface area contributed by atoms with Crippen molar-refractivity contribution in [3.63, 3.8) is 0 Å². The lowest BCUT2D eigenvalue weighted by molar-refractivity contribution is 0.100. The van der Waals surface area contributed by atoms with Crippen molar-refractivity contribution in [1.29, 1.82) is 0 Å². The predicted octanol–water partition coefficient (Wildman–Crippen LogP) is 2.88. The van der Waals surface area contributed by atoms with E-state index in [4.69, 9.17) is 4.52 Å². The number of carbonyl (C=O) groups is 1. The van der Waals surface area contributed by atoms with E-state index >= 15 is 0 Å². The van der Waals surface area contributed by atoms with Crippen molar-refractivity contribution in [2.24, 2.45) is 4.36 Å². The van der Waals surface area contributed by atoms with Crippen LogP contribution in [0.1, 0.15) is 16.4 Å². The molecule has 3 rings (SSSR count). The minimum atomic E-state index is -3.23. The van der Waals surface area contributed by atoms with Crippen molar-refractivity contribution in [3.05, 3.63) is 60.0 Å². The second-order valence-corrected chi connectivity index (χ2v) is 7.43. The van der Waals surface area contributed by atoms with Gasteiger partial charge in [0.15, 0.2) is 0 Å². The Morgan fingerprint density at radius 1 is 1.24 bits per heavy atom. The second kappa shape index (κ2) is 6.52. The normalized spacial score (nSPS) is 13.2. The Labute approximate surface area is 143 Å². The summed E-state index contributed by atoms with van der Waals surface area (Å²) in [5, 5.41) is 3.75. The van der Waals surface area contributed by atoms with Crippen LogP contribution in [0.4, 0.5) is 4.39 Å². The summed E-state index contributed by atoms with van der Waals surface area (Å²) in [6.07, 6.45) is 2.59. The van der Waals surface area contributed by atoms with Crippen LogP contribution in [0.3, 0.4) is 0 Å². The lowest BCUT2D eigenvalue weighted by Gasteiger charge is -2.05. The van der Waals surface area contributed by atoms with Crippen molar-refractivity contribution < 1.29 is 17.9 Å². The fourth-order valence-corrected chi connectivity index (χ4v) is 3.34. The van der Waals surface area contributed by atoms with Gasteiger partial charge in [0.25, 0.3) is 0 Å². The van der Waals surface area contributed by atoms with Gasteiger partial charge in [-0.05, 0) is 24.3 Å². The third kappa shape index (κ3) is 3.61. The molecule has 0 spiro atoms. The Morgan fingerprint density at radius 3 is 2.60 bits per heavy atom. The van der Waals surface area contributed by atoms with Gasteiger partial charge in [0.1, 0.15) is 11.5 Å². The zero-order valence-corrected chi connectivity index (χ0v) is 14.2. The van der Waals surface area contributed by atoms with Crippen LogP contribution in [0.15, 0.2) is 56.4 Å². The Balaban J connectivity index is 1.91. The molecular formula is C16H13FN4O3S. The number of rotatable bonds is 3. The van der Waals surface area contributed by atoms with Gasteiger partial charge >= 0.3 is 5.91 Å². The summed E-state index contributed by atoms with van der Waals surface area (Å²) < 4.78 is 34.9. The number of amides is 1. The summed E-state index contributed by atoms with van der Waals surface area (Å²) >= 11 is 0. The maximum atomic E-state index is 13.8. The summed E-state index contributed by atoms with van der Waals surface area (Å²) in [4.78, 5) is 20.1. The number of aryl methyl sites for hydroxylation is 1. The highest BCUT2D eigenvalue weighted by molar-refractivity contribution is 7.93. The van der Waals surface area contributed by atoms with Crippen molar-refractivity contribution >= 4 is 15.6 Å². The largest absolute Gasteiger partial charge is 0.339 e. The molecule has 1 unspecified atom stereocenters.